The highest BCUT2D eigenvalue weighted by Crippen LogP contribution is 2.32. The minimum Gasteiger partial charge on any atom is -0.493 e. The van der Waals surface area contributed by atoms with Gasteiger partial charge in [-0.1, -0.05) is 0 Å². The predicted octanol–water partition coefficient (Wildman–Crippen LogP) is 1.57. The first-order chi connectivity index (χ1) is 16.6. The zero-order chi connectivity index (χ0) is 23.5. The first-order valence-corrected chi connectivity index (χ1v) is 11.4. The van der Waals surface area contributed by atoms with Crippen molar-refractivity contribution in [2.45, 2.75) is 12.7 Å². The smallest absolute Gasteiger partial charge is 0.224 e. The second kappa shape index (κ2) is 9.92. The predicted molar refractivity (Wildman–Crippen MR) is 127 cm³/mol. The van der Waals surface area contributed by atoms with Crippen LogP contribution in [0.1, 0.15) is 6.42 Å². The van der Waals surface area contributed by atoms with Gasteiger partial charge in [0.2, 0.25) is 5.95 Å². The van der Waals surface area contributed by atoms with Crippen molar-refractivity contribution in [3.63, 3.8) is 0 Å². The maximum atomic E-state index is 6.01. The van der Waals surface area contributed by atoms with Crippen LogP contribution in [0.25, 0.3) is 22.4 Å². The molecular weight excluding hydrogens is 438 g/mol. The number of methoxy groups -OCH3 is 2. The van der Waals surface area contributed by atoms with Gasteiger partial charge in [0.1, 0.15) is 0 Å². The molecule has 0 radical (unpaired) electrons. The first-order valence-electron chi connectivity index (χ1n) is 11.4. The highest BCUT2D eigenvalue weighted by atomic mass is 16.7. The Balaban J connectivity index is 1.37. The largest absolute Gasteiger partial charge is 0.493 e. The maximum Gasteiger partial charge on any atom is 0.224 e. The van der Waals surface area contributed by atoms with Crippen molar-refractivity contribution < 1.29 is 18.9 Å². The fourth-order valence-electron chi connectivity index (χ4n) is 4.31. The number of hydrogen-bond acceptors (Lipinski definition) is 11. The van der Waals surface area contributed by atoms with Gasteiger partial charge in [0.05, 0.1) is 39.3 Å². The third kappa shape index (κ3) is 4.67. The number of ether oxygens (including phenoxy) is 4. The summed E-state index contributed by atoms with van der Waals surface area (Å²) >= 11 is 0. The Labute approximate surface area is 197 Å². The van der Waals surface area contributed by atoms with Gasteiger partial charge in [-0.2, -0.15) is 9.97 Å². The number of fused-ring (bicyclic) bond motifs is 1. The van der Waals surface area contributed by atoms with Crippen LogP contribution in [-0.4, -0.2) is 91.3 Å². The van der Waals surface area contributed by atoms with Crippen molar-refractivity contribution >= 4 is 22.9 Å². The monoisotopic (exact) mass is 467 g/mol. The Morgan fingerprint density at radius 3 is 2.50 bits per heavy atom. The van der Waals surface area contributed by atoms with Crippen LogP contribution in [0.5, 0.6) is 11.5 Å². The number of hydrogen-bond donors (Lipinski definition) is 1. The van der Waals surface area contributed by atoms with E-state index in [9.17, 15) is 0 Å². The van der Waals surface area contributed by atoms with E-state index in [2.05, 4.69) is 24.8 Å². The lowest BCUT2D eigenvalue weighted by atomic mass is 10.1. The molecule has 180 valence electrons. The number of benzene rings is 1. The number of piperazine rings is 1. The Kier molecular flexibility index (Phi) is 6.57. The van der Waals surface area contributed by atoms with Gasteiger partial charge in [-0.25, -0.2) is 9.97 Å². The Hall–Kier alpha value is -3.28. The van der Waals surface area contributed by atoms with E-state index >= 15 is 0 Å². The Morgan fingerprint density at radius 2 is 1.76 bits per heavy atom. The third-order valence-corrected chi connectivity index (χ3v) is 6.13. The number of aromatic nitrogens is 4. The summed E-state index contributed by atoms with van der Waals surface area (Å²) in [5.74, 6) is 2.17. The molecule has 4 heterocycles. The van der Waals surface area contributed by atoms with Crippen molar-refractivity contribution in [2.24, 2.45) is 0 Å². The van der Waals surface area contributed by atoms with Crippen LogP contribution >= 0.6 is 0 Å². The number of nitrogens with two attached hydrogens (primary N) is 1. The number of nitrogens with zero attached hydrogens (tertiary/aromatic N) is 6. The molecule has 2 N–H and O–H groups in total. The fourth-order valence-corrected chi connectivity index (χ4v) is 4.31. The van der Waals surface area contributed by atoms with Crippen LogP contribution in [0.15, 0.2) is 24.4 Å². The maximum absolute atomic E-state index is 6.01. The van der Waals surface area contributed by atoms with E-state index in [1.807, 2.05) is 18.2 Å². The highest BCUT2D eigenvalue weighted by molar-refractivity contribution is 5.86. The standard InChI is InChI=1S/C23H29N7O4/c1-31-17-4-3-15(13-18(17)32-2)16-14-25-21-20(26-16)22(28-23(24)27-21)30-9-7-29(8-10-30)6-5-19-33-11-12-34-19/h3-4,13-14,19H,5-12H2,1-2H3,(H2,24,25,27,28). The molecule has 11 nitrogen and oxygen atoms in total. The molecule has 2 fully saturated rings. The van der Waals surface area contributed by atoms with Gasteiger partial charge >= 0.3 is 0 Å². The lowest BCUT2D eigenvalue weighted by molar-refractivity contribution is -0.0516. The molecule has 2 aromatic heterocycles. The molecule has 0 amide bonds. The molecular formula is C23H29N7O4. The molecule has 3 aromatic rings. The fraction of sp³-hybridized carbons (Fsp3) is 0.478. The Bertz CT molecular complexity index is 1150. The van der Waals surface area contributed by atoms with Crippen LogP contribution in [0.3, 0.4) is 0 Å². The van der Waals surface area contributed by atoms with E-state index in [0.29, 0.717) is 47.4 Å². The van der Waals surface area contributed by atoms with E-state index in [1.54, 1.807) is 20.4 Å². The quantitative estimate of drug-likeness (QED) is 0.545. The minimum atomic E-state index is -0.0751. The molecule has 0 saturated carbocycles. The lowest BCUT2D eigenvalue weighted by Crippen LogP contribution is -2.47. The van der Waals surface area contributed by atoms with Crippen LogP contribution < -0.4 is 20.1 Å². The lowest BCUT2D eigenvalue weighted by Gasteiger charge is -2.35. The minimum absolute atomic E-state index is 0.0751. The van der Waals surface area contributed by atoms with E-state index in [0.717, 1.165) is 44.7 Å². The zero-order valence-electron chi connectivity index (χ0n) is 19.4. The third-order valence-electron chi connectivity index (χ3n) is 6.13. The second-order valence-corrected chi connectivity index (χ2v) is 8.19. The molecule has 0 spiro atoms. The molecule has 0 unspecified atom stereocenters. The molecule has 2 aliphatic heterocycles. The number of nitrogen functional groups attached to an aromatic ring is 1. The van der Waals surface area contributed by atoms with Crippen molar-refractivity contribution in [3.05, 3.63) is 24.4 Å². The van der Waals surface area contributed by atoms with E-state index in [1.165, 1.54) is 0 Å². The van der Waals surface area contributed by atoms with Gasteiger partial charge in [-0.05, 0) is 18.2 Å². The van der Waals surface area contributed by atoms with Crippen molar-refractivity contribution in [3.8, 4) is 22.8 Å². The number of rotatable bonds is 7. The van der Waals surface area contributed by atoms with Crippen LogP contribution in [0.2, 0.25) is 0 Å². The van der Waals surface area contributed by atoms with Crippen LogP contribution in [-0.2, 0) is 9.47 Å². The van der Waals surface area contributed by atoms with Crippen molar-refractivity contribution in [1.29, 1.82) is 0 Å². The average Bonchev–Trinajstić information content (AvgIpc) is 3.40. The normalized spacial score (nSPS) is 17.4. The molecule has 2 saturated heterocycles. The summed E-state index contributed by atoms with van der Waals surface area (Å²) < 4.78 is 21.9. The van der Waals surface area contributed by atoms with Crippen LogP contribution in [0.4, 0.5) is 11.8 Å². The highest BCUT2D eigenvalue weighted by Gasteiger charge is 2.24. The zero-order valence-corrected chi connectivity index (χ0v) is 19.4. The average molecular weight is 468 g/mol. The molecule has 5 rings (SSSR count). The summed E-state index contributed by atoms with van der Waals surface area (Å²) in [6, 6.07) is 5.65. The second-order valence-electron chi connectivity index (χ2n) is 8.19. The van der Waals surface area contributed by atoms with E-state index < -0.39 is 0 Å². The van der Waals surface area contributed by atoms with Crippen molar-refractivity contribution in [2.75, 3.05) is 70.8 Å². The molecule has 0 aliphatic carbocycles. The van der Waals surface area contributed by atoms with Gasteiger partial charge in [0.15, 0.2) is 34.8 Å². The van der Waals surface area contributed by atoms with Gasteiger partial charge in [0.25, 0.3) is 0 Å². The van der Waals surface area contributed by atoms with Gasteiger partial charge in [0, 0.05) is 44.7 Å². The summed E-state index contributed by atoms with van der Waals surface area (Å²) in [6.45, 7) is 5.73. The molecule has 1 aromatic carbocycles. The molecule has 2 aliphatic rings. The van der Waals surface area contributed by atoms with Gasteiger partial charge in [-0.15, -0.1) is 0 Å². The molecule has 11 heteroatoms. The number of anilines is 2. The summed E-state index contributed by atoms with van der Waals surface area (Å²) in [5, 5.41) is 0. The summed E-state index contributed by atoms with van der Waals surface area (Å²) in [4.78, 5) is 22.9. The van der Waals surface area contributed by atoms with E-state index in [-0.39, 0.29) is 12.2 Å². The summed E-state index contributed by atoms with van der Waals surface area (Å²) in [7, 11) is 3.22. The summed E-state index contributed by atoms with van der Waals surface area (Å²) in [6.07, 6.45) is 2.49. The molecule has 34 heavy (non-hydrogen) atoms. The molecule has 0 atom stereocenters. The summed E-state index contributed by atoms with van der Waals surface area (Å²) in [5.41, 5.74) is 8.66. The van der Waals surface area contributed by atoms with Gasteiger partial charge < -0.3 is 29.6 Å². The Morgan fingerprint density at radius 1 is 1.00 bits per heavy atom. The first kappa shape index (κ1) is 22.5. The van der Waals surface area contributed by atoms with Crippen molar-refractivity contribution in [1.82, 2.24) is 24.8 Å². The topological polar surface area (TPSA) is 121 Å². The molecule has 0 bridgehead atoms. The van der Waals surface area contributed by atoms with Crippen LogP contribution in [0, 0.1) is 0 Å². The van der Waals surface area contributed by atoms with Gasteiger partial charge in [-0.3, -0.25) is 4.90 Å². The van der Waals surface area contributed by atoms with E-state index in [4.69, 9.17) is 29.7 Å². The SMILES string of the molecule is COc1ccc(-c2cnc3nc(N)nc(N4CCN(CCC5OCCO5)CC4)c3n2)cc1OC.